The highest BCUT2D eigenvalue weighted by Gasteiger charge is 2.29. The zero-order valence-electron chi connectivity index (χ0n) is 20.3. The van der Waals surface area contributed by atoms with Crippen molar-refractivity contribution >= 4 is 11.7 Å². The van der Waals surface area contributed by atoms with Crippen molar-refractivity contribution in [3.05, 3.63) is 47.5 Å². The molecule has 3 rings (SSSR count). The van der Waals surface area contributed by atoms with Gasteiger partial charge in [0.15, 0.2) is 0 Å². The Hall–Kier alpha value is -2.90. The molecule has 34 heavy (non-hydrogen) atoms. The molecule has 5 nitrogen and oxygen atoms in total. The predicted octanol–water partition coefficient (Wildman–Crippen LogP) is 7.04. The number of amides is 2. The lowest BCUT2D eigenvalue weighted by Gasteiger charge is -2.31. The molecule has 2 N–H and O–H groups in total. The SMILES string of the molecule is CC[C@H](CCC(F)(F)F)NC(=O)N(CC)[C@H](C)c1cccc(-c2cc3c(c(OC)c2)NCC3)c1.[HH].[HH]. The minimum Gasteiger partial charge on any atom is -0.495 e. The summed E-state index contributed by atoms with van der Waals surface area (Å²) >= 11 is 0. The Labute approximate surface area is 202 Å². The van der Waals surface area contributed by atoms with Crippen molar-refractivity contribution in [3.8, 4) is 16.9 Å². The van der Waals surface area contributed by atoms with Gasteiger partial charge in [-0.05, 0) is 73.6 Å². The number of alkyl halides is 3. The number of benzene rings is 2. The number of halogens is 3. The van der Waals surface area contributed by atoms with E-state index >= 15 is 0 Å². The molecule has 2 amide bonds. The molecule has 0 fully saturated rings. The summed E-state index contributed by atoms with van der Waals surface area (Å²) in [5.41, 5.74) is 5.27. The summed E-state index contributed by atoms with van der Waals surface area (Å²) in [5.74, 6) is 0.808. The van der Waals surface area contributed by atoms with E-state index in [1.807, 2.05) is 38.1 Å². The number of nitrogens with one attached hydrogen (secondary N) is 2. The molecule has 2 atom stereocenters. The summed E-state index contributed by atoms with van der Waals surface area (Å²) in [6.45, 7) is 6.91. The van der Waals surface area contributed by atoms with E-state index in [2.05, 4.69) is 22.8 Å². The van der Waals surface area contributed by atoms with Crippen LogP contribution in [0.4, 0.5) is 23.7 Å². The van der Waals surface area contributed by atoms with Crippen molar-refractivity contribution in [1.82, 2.24) is 10.2 Å². The zero-order chi connectivity index (χ0) is 24.9. The first kappa shape index (κ1) is 25.7. The van der Waals surface area contributed by atoms with Crippen molar-refractivity contribution in [2.45, 2.75) is 64.7 Å². The Morgan fingerprint density at radius 3 is 2.65 bits per heavy atom. The number of anilines is 1. The maximum absolute atomic E-state index is 13.0. The van der Waals surface area contributed by atoms with Gasteiger partial charge in [0.2, 0.25) is 0 Å². The van der Waals surface area contributed by atoms with Crippen molar-refractivity contribution in [2.24, 2.45) is 0 Å². The van der Waals surface area contributed by atoms with Crippen LogP contribution < -0.4 is 15.4 Å². The topological polar surface area (TPSA) is 53.6 Å². The molecule has 0 spiro atoms. The number of rotatable bonds is 9. The average Bonchev–Trinajstić information content (AvgIpc) is 3.29. The van der Waals surface area contributed by atoms with E-state index in [-0.39, 0.29) is 21.3 Å². The number of urea groups is 1. The van der Waals surface area contributed by atoms with Gasteiger partial charge in [0.1, 0.15) is 5.75 Å². The number of carbonyl (C=O) groups excluding carboxylic acids is 1. The maximum atomic E-state index is 13.0. The Morgan fingerprint density at radius 1 is 1.24 bits per heavy atom. The van der Waals surface area contributed by atoms with Crippen LogP contribution in [-0.2, 0) is 6.42 Å². The Morgan fingerprint density at radius 2 is 2.00 bits per heavy atom. The molecule has 0 aliphatic carbocycles. The lowest BCUT2D eigenvalue weighted by molar-refractivity contribution is -0.136. The highest BCUT2D eigenvalue weighted by atomic mass is 19.4. The first-order chi connectivity index (χ1) is 16.2. The van der Waals surface area contributed by atoms with E-state index < -0.39 is 18.6 Å². The van der Waals surface area contributed by atoms with Gasteiger partial charge in [-0.2, -0.15) is 13.2 Å². The van der Waals surface area contributed by atoms with Crippen LogP contribution in [0.5, 0.6) is 5.75 Å². The summed E-state index contributed by atoms with van der Waals surface area (Å²) in [4.78, 5) is 14.6. The third kappa shape index (κ3) is 6.15. The molecule has 8 heteroatoms. The lowest BCUT2D eigenvalue weighted by Crippen LogP contribution is -2.45. The van der Waals surface area contributed by atoms with Gasteiger partial charge in [0, 0.05) is 28.4 Å². The Kier molecular flexibility index (Phi) is 8.33. The highest BCUT2D eigenvalue weighted by Crippen LogP contribution is 2.38. The van der Waals surface area contributed by atoms with Crippen LogP contribution in [0.2, 0.25) is 0 Å². The zero-order valence-corrected chi connectivity index (χ0v) is 20.3. The molecule has 0 aromatic heterocycles. The number of hydrogen-bond donors (Lipinski definition) is 2. The van der Waals surface area contributed by atoms with Gasteiger partial charge in [-0.3, -0.25) is 0 Å². The second kappa shape index (κ2) is 11.0. The summed E-state index contributed by atoms with van der Waals surface area (Å²) in [6.07, 6.45) is -3.88. The second-order valence-corrected chi connectivity index (χ2v) is 8.69. The van der Waals surface area contributed by atoms with Crippen molar-refractivity contribution in [3.63, 3.8) is 0 Å². The van der Waals surface area contributed by atoms with E-state index in [1.165, 1.54) is 5.56 Å². The Balaban J connectivity index is 0.00000324. The molecule has 1 aliphatic rings. The first-order valence-corrected chi connectivity index (χ1v) is 11.9. The van der Waals surface area contributed by atoms with Crippen molar-refractivity contribution in [2.75, 3.05) is 25.5 Å². The van der Waals surface area contributed by atoms with Gasteiger partial charge in [0.05, 0.1) is 18.8 Å². The van der Waals surface area contributed by atoms with E-state index in [0.29, 0.717) is 13.0 Å². The largest absolute Gasteiger partial charge is 0.495 e. The van der Waals surface area contributed by atoms with Crippen molar-refractivity contribution < 1.29 is 25.6 Å². The molecular weight excluding hydrogens is 443 g/mol. The van der Waals surface area contributed by atoms with Gasteiger partial charge < -0.3 is 20.3 Å². The lowest BCUT2D eigenvalue weighted by atomic mass is 9.97. The molecule has 1 aliphatic heterocycles. The van der Waals surface area contributed by atoms with Crippen LogP contribution in [0.1, 0.15) is 60.1 Å². The fraction of sp³-hybridized carbons (Fsp3) is 0.500. The summed E-state index contributed by atoms with van der Waals surface area (Å²) < 4.78 is 43.5. The number of methoxy groups -OCH3 is 1. The fourth-order valence-electron chi connectivity index (χ4n) is 4.45. The van der Waals surface area contributed by atoms with Crippen LogP contribution >= 0.6 is 0 Å². The molecule has 0 unspecified atom stereocenters. The van der Waals surface area contributed by atoms with E-state index in [9.17, 15) is 18.0 Å². The number of carbonyl (C=O) groups is 1. The third-order valence-electron chi connectivity index (χ3n) is 6.47. The number of ether oxygens (including phenoxy) is 1. The molecule has 190 valence electrons. The fourth-order valence-corrected chi connectivity index (χ4v) is 4.45. The standard InChI is InChI=1S/C26H34F3N3O2.2H2/c1-5-22(10-12-26(27,28)29)31-25(33)32(6-2)17(3)18-8-7-9-19(14-18)21-15-20-11-13-30-24(20)23(16-21)34-4;;/h7-9,14-17,22,30H,5-6,10-13H2,1-4H3,(H,31,33);2*1H/t17-,22-;;/m1../s1. The smallest absolute Gasteiger partial charge is 0.389 e. The monoisotopic (exact) mass is 481 g/mol. The van der Waals surface area contributed by atoms with Gasteiger partial charge >= 0.3 is 12.2 Å². The van der Waals surface area contributed by atoms with Gasteiger partial charge in [-0.1, -0.05) is 25.1 Å². The minimum absolute atomic E-state index is 0. The van der Waals surface area contributed by atoms with Crippen LogP contribution in [-0.4, -0.2) is 43.3 Å². The summed E-state index contributed by atoms with van der Waals surface area (Å²) in [6, 6.07) is 11.1. The predicted molar refractivity (Wildman–Crippen MR) is 134 cm³/mol. The van der Waals surface area contributed by atoms with Gasteiger partial charge in [0.25, 0.3) is 0 Å². The Bertz CT molecular complexity index is 1000. The molecule has 0 bridgehead atoms. The molecule has 0 saturated carbocycles. The van der Waals surface area contributed by atoms with E-state index in [0.717, 1.165) is 41.1 Å². The maximum Gasteiger partial charge on any atom is 0.389 e. The quantitative estimate of drug-likeness (QED) is 0.404. The number of nitrogens with zero attached hydrogens (tertiary/aromatic N) is 1. The summed E-state index contributed by atoms with van der Waals surface area (Å²) in [7, 11) is 1.66. The molecular formula is C26H38F3N3O2. The van der Waals surface area contributed by atoms with Gasteiger partial charge in [-0.25, -0.2) is 4.79 Å². The van der Waals surface area contributed by atoms with Gasteiger partial charge in [-0.15, -0.1) is 0 Å². The summed E-state index contributed by atoms with van der Waals surface area (Å²) in [5, 5.41) is 6.16. The molecule has 0 radical (unpaired) electrons. The van der Waals surface area contributed by atoms with Crippen LogP contribution in [0, 0.1) is 0 Å². The average molecular weight is 482 g/mol. The molecule has 0 saturated heterocycles. The number of fused-ring (bicyclic) bond motifs is 1. The van der Waals surface area contributed by atoms with E-state index in [1.54, 1.807) is 18.9 Å². The molecule has 2 aromatic carbocycles. The first-order valence-electron chi connectivity index (χ1n) is 11.9. The third-order valence-corrected chi connectivity index (χ3v) is 6.47. The number of hydrogen-bond acceptors (Lipinski definition) is 3. The van der Waals surface area contributed by atoms with E-state index in [4.69, 9.17) is 4.74 Å². The molecule has 2 aromatic rings. The van der Waals surface area contributed by atoms with Crippen LogP contribution in [0.15, 0.2) is 36.4 Å². The van der Waals surface area contributed by atoms with Crippen molar-refractivity contribution in [1.29, 1.82) is 0 Å². The highest BCUT2D eigenvalue weighted by molar-refractivity contribution is 5.77. The minimum atomic E-state index is -4.23. The second-order valence-electron chi connectivity index (χ2n) is 8.69. The normalized spacial score (nSPS) is 14.7. The van der Waals surface area contributed by atoms with Crippen LogP contribution in [0.25, 0.3) is 11.1 Å². The van der Waals surface area contributed by atoms with Crippen LogP contribution in [0.3, 0.4) is 0 Å². The molecule has 1 heterocycles.